The van der Waals surface area contributed by atoms with Gasteiger partial charge < -0.3 is 15.5 Å². The van der Waals surface area contributed by atoms with E-state index in [0.29, 0.717) is 5.78 Å². The number of nitrogens with one attached hydrogen (secondary N) is 2. The second-order valence-electron chi connectivity index (χ2n) is 12.3. The van der Waals surface area contributed by atoms with Crippen molar-refractivity contribution in [2.45, 2.75) is 83.5 Å². The van der Waals surface area contributed by atoms with Crippen molar-refractivity contribution in [3.8, 4) is 24.0 Å². The van der Waals surface area contributed by atoms with Crippen LogP contribution in [0.25, 0.3) is 11.1 Å². The molecule has 1 aliphatic heterocycles. The first-order valence-corrected chi connectivity index (χ1v) is 16.4. The molecule has 0 aromatic heterocycles. The molecular weight excluding hydrogens is 542 g/mol. The molecule has 7 rings (SSSR count). The van der Waals surface area contributed by atoms with E-state index < -0.39 is 0 Å². The highest BCUT2D eigenvalue weighted by molar-refractivity contribution is 5.98. The smallest absolute Gasteiger partial charge is 0.321 e. The molecule has 3 saturated carbocycles. The SMILES string of the molecule is C#C.C1CCC1.CNc1ccc(-c2ccc(C(=O)C3CCC3)cc2)cc1.Cc1cc(NC(=O)N2CCCC2)ccc1C1CC1. The predicted octanol–water partition coefficient (Wildman–Crippen LogP) is 9.69. The molecule has 0 bridgehead atoms. The zero-order valence-corrected chi connectivity index (χ0v) is 26.6. The van der Waals surface area contributed by atoms with Gasteiger partial charge in [-0.3, -0.25) is 4.79 Å². The highest BCUT2D eigenvalue weighted by atomic mass is 16.2. The lowest BCUT2D eigenvalue weighted by atomic mass is 9.80. The minimum Gasteiger partial charge on any atom is -0.388 e. The predicted molar refractivity (Wildman–Crippen MR) is 184 cm³/mol. The molecule has 5 nitrogen and oxygen atoms in total. The van der Waals surface area contributed by atoms with Crippen LogP contribution in [0.15, 0.2) is 66.7 Å². The van der Waals surface area contributed by atoms with Crippen molar-refractivity contribution in [1.82, 2.24) is 4.90 Å². The Morgan fingerprint density at radius 1 is 0.705 bits per heavy atom. The van der Waals surface area contributed by atoms with E-state index in [9.17, 15) is 9.59 Å². The summed E-state index contributed by atoms with van der Waals surface area (Å²) in [6, 6.07) is 22.7. The normalized spacial score (nSPS) is 16.7. The van der Waals surface area contributed by atoms with Crippen LogP contribution in [-0.4, -0.2) is 36.9 Å². The van der Waals surface area contributed by atoms with Gasteiger partial charge in [0.05, 0.1) is 0 Å². The Balaban J connectivity index is 0.000000170. The van der Waals surface area contributed by atoms with Crippen molar-refractivity contribution in [1.29, 1.82) is 0 Å². The Morgan fingerprint density at radius 3 is 1.70 bits per heavy atom. The van der Waals surface area contributed by atoms with Gasteiger partial charge in [0.2, 0.25) is 0 Å². The number of carbonyl (C=O) groups excluding carboxylic acids is 2. The number of likely N-dealkylation sites (tertiary alicyclic amines) is 1. The van der Waals surface area contributed by atoms with Crippen molar-refractivity contribution in [3.63, 3.8) is 0 Å². The van der Waals surface area contributed by atoms with Crippen molar-refractivity contribution in [2.24, 2.45) is 5.92 Å². The van der Waals surface area contributed by atoms with Crippen molar-refractivity contribution < 1.29 is 9.59 Å². The second-order valence-corrected chi connectivity index (χ2v) is 12.3. The summed E-state index contributed by atoms with van der Waals surface area (Å²) < 4.78 is 0. The van der Waals surface area contributed by atoms with Gasteiger partial charge in [0.1, 0.15) is 0 Å². The fourth-order valence-electron chi connectivity index (χ4n) is 5.54. The van der Waals surface area contributed by atoms with Crippen LogP contribution in [0.5, 0.6) is 0 Å². The van der Waals surface area contributed by atoms with Crippen LogP contribution in [0, 0.1) is 25.7 Å². The largest absolute Gasteiger partial charge is 0.388 e. The second kappa shape index (κ2) is 16.7. The molecule has 0 unspecified atom stereocenters. The van der Waals surface area contributed by atoms with Crippen molar-refractivity contribution in [2.75, 3.05) is 30.8 Å². The summed E-state index contributed by atoms with van der Waals surface area (Å²) in [5.41, 5.74) is 7.96. The maximum atomic E-state index is 12.1. The Bertz CT molecular complexity index is 1350. The number of Topliss-reactive ketones (excluding diaryl/α,β-unsaturated/α-hetero) is 1. The molecule has 232 valence electrons. The first-order valence-electron chi connectivity index (χ1n) is 16.4. The van der Waals surface area contributed by atoms with Crippen LogP contribution >= 0.6 is 0 Å². The number of nitrogens with zero attached hydrogens (tertiary/aromatic N) is 1. The monoisotopic (exact) mass is 591 g/mol. The van der Waals surface area contributed by atoms with Crippen LogP contribution in [0.1, 0.15) is 98.0 Å². The number of hydrogen-bond acceptors (Lipinski definition) is 3. The zero-order valence-electron chi connectivity index (χ0n) is 26.6. The number of amides is 2. The van der Waals surface area contributed by atoms with Gasteiger partial charge in [-0.2, -0.15) is 0 Å². The van der Waals surface area contributed by atoms with E-state index in [1.165, 1.54) is 61.6 Å². The molecule has 2 N–H and O–H groups in total. The number of carbonyl (C=O) groups is 2. The fourth-order valence-corrected chi connectivity index (χ4v) is 5.54. The minimum absolute atomic E-state index is 0.0473. The van der Waals surface area contributed by atoms with Crippen LogP contribution in [-0.2, 0) is 0 Å². The summed E-state index contributed by atoms with van der Waals surface area (Å²) >= 11 is 0. The molecule has 5 heteroatoms. The third-order valence-electron chi connectivity index (χ3n) is 9.08. The maximum absolute atomic E-state index is 12.1. The quantitative estimate of drug-likeness (QED) is 0.222. The molecule has 44 heavy (non-hydrogen) atoms. The molecule has 4 aliphatic rings. The van der Waals surface area contributed by atoms with E-state index in [1.807, 2.05) is 42.3 Å². The molecule has 0 spiro atoms. The molecule has 2 amide bonds. The molecule has 1 saturated heterocycles. The van der Waals surface area contributed by atoms with Crippen LogP contribution in [0.4, 0.5) is 16.2 Å². The molecule has 3 aliphatic carbocycles. The number of aryl methyl sites for hydroxylation is 1. The van der Waals surface area contributed by atoms with Gasteiger partial charge in [0, 0.05) is 43.0 Å². The van der Waals surface area contributed by atoms with Crippen LogP contribution < -0.4 is 10.6 Å². The molecule has 4 fully saturated rings. The number of rotatable bonds is 6. The summed E-state index contributed by atoms with van der Waals surface area (Å²) in [7, 11) is 1.91. The van der Waals surface area contributed by atoms with E-state index in [-0.39, 0.29) is 11.9 Å². The molecule has 3 aromatic carbocycles. The van der Waals surface area contributed by atoms with E-state index in [0.717, 1.165) is 67.2 Å². The zero-order chi connectivity index (χ0) is 31.3. The average molecular weight is 592 g/mol. The number of ketones is 1. The lowest BCUT2D eigenvalue weighted by Crippen LogP contribution is -2.32. The summed E-state index contributed by atoms with van der Waals surface area (Å²) in [6.45, 7) is 3.93. The standard InChI is InChI=1S/C18H19NO.C15H20N2O.C4H8.C2H2/c1-19-17-11-9-14(10-12-17)13-5-7-16(8-6-13)18(20)15-3-2-4-15;1-11-10-13(6-7-14(11)12-4-5-12)16-15(18)17-8-2-3-9-17;1-2-4-3-1;1-2/h5-12,15,19H,2-4H2,1H3;6-7,10,12H,2-5,8-9H2,1H3,(H,16,18);1-4H2;1-2H. The van der Waals surface area contributed by atoms with Gasteiger partial charge in [-0.05, 0) is 97.9 Å². The third-order valence-corrected chi connectivity index (χ3v) is 9.08. The van der Waals surface area contributed by atoms with Gasteiger partial charge in [-0.1, -0.05) is 74.6 Å². The lowest BCUT2D eigenvalue weighted by Gasteiger charge is -2.23. The molecular formula is C39H49N3O2. The molecule has 1 heterocycles. The van der Waals surface area contributed by atoms with Crippen molar-refractivity contribution in [3.05, 3.63) is 83.4 Å². The maximum Gasteiger partial charge on any atom is 0.321 e. The number of terminal acetylenes is 1. The summed E-state index contributed by atoms with van der Waals surface area (Å²) in [4.78, 5) is 26.0. The highest BCUT2D eigenvalue weighted by Gasteiger charge is 2.26. The Morgan fingerprint density at radius 2 is 1.25 bits per heavy atom. The lowest BCUT2D eigenvalue weighted by molar-refractivity contribution is 0.0855. The van der Waals surface area contributed by atoms with E-state index >= 15 is 0 Å². The summed E-state index contributed by atoms with van der Waals surface area (Å²) in [5.74, 6) is 1.36. The Hall–Kier alpha value is -4.04. The van der Waals surface area contributed by atoms with Crippen LogP contribution in [0.2, 0.25) is 0 Å². The van der Waals surface area contributed by atoms with Crippen molar-refractivity contribution >= 4 is 23.2 Å². The molecule has 3 aromatic rings. The van der Waals surface area contributed by atoms with Gasteiger partial charge in [-0.15, -0.1) is 12.8 Å². The molecule has 0 radical (unpaired) electrons. The first-order chi connectivity index (χ1) is 21.5. The summed E-state index contributed by atoms with van der Waals surface area (Å²) in [5, 5.41) is 6.11. The average Bonchev–Trinajstić information content (AvgIpc) is 3.68. The van der Waals surface area contributed by atoms with Crippen LogP contribution in [0.3, 0.4) is 0 Å². The Kier molecular flexibility index (Phi) is 12.5. The summed E-state index contributed by atoms with van der Waals surface area (Å²) in [6.07, 6.45) is 22.2. The van der Waals surface area contributed by atoms with Gasteiger partial charge in [0.15, 0.2) is 5.78 Å². The first kappa shape index (κ1) is 32.9. The number of urea groups is 1. The van der Waals surface area contributed by atoms with Gasteiger partial charge in [-0.25, -0.2) is 4.79 Å². The Labute approximate surface area is 264 Å². The fraction of sp³-hybridized carbons (Fsp3) is 0.436. The third kappa shape index (κ3) is 9.23. The van der Waals surface area contributed by atoms with E-state index in [2.05, 4.69) is 66.8 Å². The minimum atomic E-state index is 0.0473. The topological polar surface area (TPSA) is 61.4 Å². The number of benzene rings is 3. The van der Waals surface area contributed by atoms with E-state index in [1.54, 1.807) is 0 Å². The van der Waals surface area contributed by atoms with Gasteiger partial charge >= 0.3 is 6.03 Å². The number of hydrogen-bond donors (Lipinski definition) is 2. The highest BCUT2D eigenvalue weighted by Crippen LogP contribution is 2.42. The molecule has 0 atom stereocenters. The van der Waals surface area contributed by atoms with E-state index in [4.69, 9.17) is 0 Å². The number of anilines is 2. The van der Waals surface area contributed by atoms with Gasteiger partial charge in [0.25, 0.3) is 0 Å².